The highest BCUT2D eigenvalue weighted by molar-refractivity contribution is 6.00. The van der Waals surface area contributed by atoms with Crippen LogP contribution in [0.15, 0.2) is 42.5 Å². The van der Waals surface area contributed by atoms with Crippen molar-refractivity contribution in [1.29, 1.82) is 0 Å². The lowest BCUT2D eigenvalue weighted by molar-refractivity contribution is -0.138. The van der Waals surface area contributed by atoms with E-state index in [9.17, 15) is 22.8 Å². The molecule has 0 amide bonds. The number of carbonyl (C=O) groups excluding carboxylic acids is 2. The molecule has 1 aliphatic rings. The zero-order chi connectivity index (χ0) is 18.7. The van der Waals surface area contributed by atoms with Gasteiger partial charge in [-0.2, -0.15) is 13.2 Å². The number of fused-ring (bicyclic) bond motifs is 1. The van der Waals surface area contributed by atoms with Gasteiger partial charge in [0, 0.05) is 5.56 Å². The number of rotatable bonds is 4. The zero-order valence-electron chi connectivity index (χ0n) is 13.3. The molecule has 8 heteroatoms. The summed E-state index contributed by atoms with van der Waals surface area (Å²) in [6.07, 6.45) is -4.70. The summed E-state index contributed by atoms with van der Waals surface area (Å²) in [5.74, 6) is -0.914. The van der Waals surface area contributed by atoms with Gasteiger partial charge >= 0.3 is 12.1 Å². The first-order valence-electron chi connectivity index (χ1n) is 7.62. The summed E-state index contributed by atoms with van der Waals surface area (Å²) in [5.41, 5.74) is -1.56. The Balaban J connectivity index is 1.70. The maximum atomic E-state index is 12.9. The number of hydrogen-bond acceptors (Lipinski definition) is 5. The van der Waals surface area contributed by atoms with Crippen LogP contribution in [0.4, 0.5) is 13.2 Å². The van der Waals surface area contributed by atoms with Crippen LogP contribution in [0.1, 0.15) is 26.3 Å². The molecule has 5 nitrogen and oxygen atoms in total. The summed E-state index contributed by atoms with van der Waals surface area (Å²) in [6.45, 7) is 0.0506. The standard InChI is InChI=1S/C18H13F3O5/c19-18(20,21)13-4-2-1-3-12(13)17(23)26-10-14(22)11-5-6-15-16(9-11)25-8-7-24-15/h1-6,9H,7-8,10H2. The highest BCUT2D eigenvalue weighted by Gasteiger charge is 2.35. The minimum Gasteiger partial charge on any atom is -0.486 e. The molecule has 1 heterocycles. The molecule has 0 N–H and O–H groups in total. The van der Waals surface area contributed by atoms with E-state index in [0.717, 1.165) is 12.1 Å². The maximum Gasteiger partial charge on any atom is 0.417 e. The number of carbonyl (C=O) groups is 2. The Kier molecular flexibility index (Phi) is 4.83. The van der Waals surface area contributed by atoms with Crippen molar-refractivity contribution in [3.8, 4) is 11.5 Å². The molecule has 0 spiro atoms. The molecule has 1 aliphatic heterocycles. The first-order valence-corrected chi connectivity index (χ1v) is 7.62. The summed E-state index contributed by atoms with van der Waals surface area (Å²) < 4.78 is 54.2. The van der Waals surface area contributed by atoms with Crippen molar-refractivity contribution < 1.29 is 37.0 Å². The minimum atomic E-state index is -4.70. The summed E-state index contributed by atoms with van der Waals surface area (Å²) >= 11 is 0. The number of ether oxygens (including phenoxy) is 3. The van der Waals surface area contributed by atoms with E-state index in [1.54, 1.807) is 6.07 Å². The first kappa shape index (κ1) is 17.8. The SMILES string of the molecule is O=C(COC(=O)c1ccccc1C(F)(F)F)c1ccc2c(c1)OCCO2. The zero-order valence-corrected chi connectivity index (χ0v) is 13.3. The summed E-state index contributed by atoms with van der Waals surface area (Å²) in [5, 5.41) is 0. The Morgan fingerprint density at radius 1 is 1.00 bits per heavy atom. The quantitative estimate of drug-likeness (QED) is 0.612. The minimum absolute atomic E-state index is 0.200. The Morgan fingerprint density at radius 2 is 1.69 bits per heavy atom. The maximum absolute atomic E-state index is 12.9. The van der Waals surface area contributed by atoms with Crippen LogP contribution >= 0.6 is 0 Å². The number of halogens is 3. The van der Waals surface area contributed by atoms with Gasteiger partial charge in [0.15, 0.2) is 23.9 Å². The molecule has 0 saturated carbocycles. The van der Waals surface area contributed by atoms with E-state index >= 15 is 0 Å². The van der Waals surface area contributed by atoms with Crippen LogP contribution in [-0.2, 0) is 10.9 Å². The van der Waals surface area contributed by atoms with Gasteiger partial charge in [-0.05, 0) is 30.3 Å². The molecule has 0 unspecified atom stereocenters. The molecule has 0 aliphatic carbocycles. The van der Waals surface area contributed by atoms with Gasteiger partial charge in [0.2, 0.25) is 0 Å². The Morgan fingerprint density at radius 3 is 2.42 bits per heavy atom. The lowest BCUT2D eigenvalue weighted by atomic mass is 10.1. The molecule has 0 saturated heterocycles. The van der Waals surface area contributed by atoms with Gasteiger partial charge in [-0.3, -0.25) is 4.79 Å². The van der Waals surface area contributed by atoms with Gasteiger partial charge in [0.1, 0.15) is 13.2 Å². The normalized spacial score (nSPS) is 13.2. The third kappa shape index (κ3) is 3.79. The molecule has 26 heavy (non-hydrogen) atoms. The van der Waals surface area contributed by atoms with Gasteiger partial charge in [0.25, 0.3) is 0 Å². The molecular weight excluding hydrogens is 353 g/mol. The van der Waals surface area contributed by atoms with Gasteiger partial charge in [0.05, 0.1) is 11.1 Å². The molecule has 0 radical (unpaired) electrons. The molecule has 2 aromatic rings. The van der Waals surface area contributed by atoms with Crippen molar-refractivity contribution in [2.45, 2.75) is 6.18 Å². The van der Waals surface area contributed by atoms with E-state index in [4.69, 9.17) is 14.2 Å². The molecule has 0 aromatic heterocycles. The van der Waals surface area contributed by atoms with E-state index in [1.807, 2.05) is 0 Å². The van der Waals surface area contributed by atoms with Gasteiger partial charge in [-0.25, -0.2) is 4.79 Å². The fourth-order valence-corrected chi connectivity index (χ4v) is 2.42. The number of benzene rings is 2. The molecule has 0 atom stereocenters. The second-order valence-electron chi connectivity index (χ2n) is 5.40. The second-order valence-corrected chi connectivity index (χ2v) is 5.40. The average molecular weight is 366 g/mol. The van der Waals surface area contributed by atoms with Crippen LogP contribution in [0.25, 0.3) is 0 Å². The van der Waals surface area contributed by atoms with Crippen molar-refractivity contribution in [2.24, 2.45) is 0 Å². The summed E-state index contributed by atoms with van der Waals surface area (Å²) in [7, 11) is 0. The van der Waals surface area contributed by atoms with E-state index in [0.29, 0.717) is 24.7 Å². The van der Waals surface area contributed by atoms with Gasteiger partial charge in [-0.15, -0.1) is 0 Å². The topological polar surface area (TPSA) is 61.8 Å². The number of hydrogen-bond donors (Lipinski definition) is 0. The molecule has 3 rings (SSSR count). The van der Waals surface area contributed by atoms with Gasteiger partial charge < -0.3 is 14.2 Å². The number of Topliss-reactive ketones (excluding diaryl/α,β-unsaturated/α-hetero) is 1. The number of alkyl halides is 3. The van der Waals surface area contributed by atoms with Crippen molar-refractivity contribution in [1.82, 2.24) is 0 Å². The van der Waals surface area contributed by atoms with E-state index < -0.39 is 35.7 Å². The number of esters is 1. The van der Waals surface area contributed by atoms with Crippen molar-refractivity contribution in [3.05, 3.63) is 59.2 Å². The highest BCUT2D eigenvalue weighted by atomic mass is 19.4. The van der Waals surface area contributed by atoms with Crippen LogP contribution in [0.3, 0.4) is 0 Å². The average Bonchev–Trinajstić information content (AvgIpc) is 2.64. The molecule has 2 aromatic carbocycles. The van der Waals surface area contributed by atoms with E-state index in [-0.39, 0.29) is 5.56 Å². The molecule has 0 fully saturated rings. The molecule has 0 bridgehead atoms. The van der Waals surface area contributed by atoms with E-state index in [1.165, 1.54) is 24.3 Å². The predicted octanol–water partition coefficient (Wildman–Crippen LogP) is 3.52. The fourth-order valence-electron chi connectivity index (χ4n) is 2.42. The first-order chi connectivity index (χ1) is 12.4. The third-order valence-electron chi connectivity index (χ3n) is 3.65. The van der Waals surface area contributed by atoms with Crippen LogP contribution < -0.4 is 9.47 Å². The predicted molar refractivity (Wildman–Crippen MR) is 83.5 cm³/mol. The summed E-state index contributed by atoms with van der Waals surface area (Å²) in [6, 6.07) is 8.68. The van der Waals surface area contributed by atoms with Crippen molar-refractivity contribution in [2.75, 3.05) is 19.8 Å². The van der Waals surface area contributed by atoms with Crippen LogP contribution in [0, 0.1) is 0 Å². The number of ketones is 1. The van der Waals surface area contributed by atoms with Crippen LogP contribution in [0.5, 0.6) is 11.5 Å². The Labute approximate surface area is 146 Å². The second kappa shape index (κ2) is 7.07. The molecule has 136 valence electrons. The smallest absolute Gasteiger partial charge is 0.417 e. The van der Waals surface area contributed by atoms with Crippen molar-refractivity contribution in [3.63, 3.8) is 0 Å². The van der Waals surface area contributed by atoms with Crippen LogP contribution in [0.2, 0.25) is 0 Å². The van der Waals surface area contributed by atoms with Crippen LogP contribution in [-0.4, -0.2) is 31.6 Å². The van der Waals surface area contributed by atoms with E-state index in [2.05, 4.69) is 0 Å². The highest BCUT2D eigenvalue weighted by Crippen LogP contribution is 2.32. The Hall–Kier alpha value is -3.03. The Bertz CT molecular complexity index is 845. The largest absolute Gasteiger partial charge is 0.486 e. The van der Waals surface area contributed by atoms with Crippen molar-refractivity contribution >= 4 is 11.8 Å². The summed E-state index contributed by atoms with van der Waals surface area (Å²) in [4.78, 5) is 24.1. The lowest BCUT2D eigenvalue weighted by Gasteiger charge is -2.18. The van der Waals surface area contributed by atoms with Gasteiger partial charge in [-0.1, -0.05) is 12.1 Å². The monoisotopic (exact) mass is 366 g/mol. The molecular formula is C18H13F3O5. The fraction of sp³-hybridized carbons (Fsp3) is 0.222. The third-order valence-corrected chi connectivity index (χ3v) is 3.65. The lowest BCUT2D eigenvalue weighted by Crippen LogP contribution is -2.19.